The van der Waals surface area contributed by atoms with Crippen molar-refractivity contribution in [2.75, 3.05) is 13.7 Å². The van der Waals surface area contributed by atoms with Crippen molar-refractivity contribution in [1.82, 2.24) is 20.7 Å². The van der Waals surface area contributed by atoms with Gasteiger partial charge in [-0.3, -0.25) is 9.59 Å². The lowest BCUT2D eigenvalue weighted by molar-refractivity contribution is -0.119. The fourth-order valence-corrected chi connectivity index (χ4v) is 4.30. The maximum absolute atomic E-state index is 13.6. The van der Waals surface area contributed by atoms with Crippen LogP contribution in [0.1, 0.15) is 59.9 Å². The van der Waals surface area contributed by atoms with Crippen LogP contribution in [0.2, 0.25) is 0 Å². The highest BCUT2D eigenvalue weighted by Gasteiger charge is 2.23. The molecule has 194 valence electrons. The van der Waals surface area contributed by atoms with Gasteiger partial charge in [0.25, 0.3) is 5.91 Å². The minimum Gasteiger partial charge on any atom is -0.494 e. The van der Waals surface area contributed by atoms with Crippen molar-refractivity contribution in [2.24, 2.45) is 22.6 Å². The average molecular weight is 500 g/mol. The monoisotopic (exact) mass is 499 g/mol. The molecule has 6 N–H and O–H groups in total. The maximum atomic E-state index is 13.6. The maximum Gasteiger partial charge on any atom is 0.270 e. The molecule has 1 aliphatic carbocycles. The van der Waals surface area contributed by atoms with Gasteiger partial charge in [0.1, 0.15) is 5.69 Å². The summed E-state index contributed by atoms with van der Waals surface area (Å²) in [4.78, 5) is 28.3. The summed E-state index contributed by atoms with van der Waals surface area (Å²) >= 11 is 0. The summed E-state index contributed by atoms with van der Waals surface area (Å²) in [6, 6.07) is 7.88. The number of hydrazine groups is 1. The van der Waals surface area contributed by atoms with Gasteiger partial charge in [-0.1, -0.05) is 6.07 Å². The number of hydrogen-bond donors (Lipinski definition) is 4. The second-order valence-corrected chi connectivity index (χ2v) is 9.06. The molecule has 0 aliphatic heterocycles. The summed E-state index contributed by atoms with van der Waals surface area (Å²) < 4.78 is 18.6. The molecular formula is C25H34FN7O3. The first-order valence-corrected chi connectivity index (χ1v) is 11.9. The molecule has 3 rings (SSSR count). The number of amidine groups is 1. The third-order valence-electron chi connectivity index (χ3n) is 6.09. The minimum atomic E-state index is -0.473. The predicted octanol–water partition coefficient (Wildman–Crippen LogP) is 1.96. The van der Waals surface area contributed by atoms with E-state index >= 15 is 0 Å². The lowest BCUT2D eigenvalue weighted by Crippen LogP contribution is -2.40. The number of rotatable bonds is 9. The van der Waals surface area contributed by atoms with Crippen molar-refractivity contribution < 1.29 is 18.7 Å². The van der Waals surface area contributed by atoms with Gasteiger partial charge >= 0.3 is 0 Å². The SMILES string of the molecule is COc1cc(CNC(=O)c2cc(/C(N)=N/N(N)CC3CCC(NC(C)=O)CC3)cc(C)n2)ccc1F. The van der Waals surface area contributed by atoms with Gasteiger partial charge in [0.2, 0.25) is 5.91 Å². The fraction of sp³-hybridized carbons (Fsp3) is 0.440. The summed E-state index contributed by atoms with van der Waals surface area (Å²) in [7, 11) is 1.38. The zero-order valence-corrected chi connectivity index (χ0v) is 20.9. The molecule has 1 saturated carbocycles. The molecule has 1 aromatic carbocycles. The number of methoxy groups -OCH3 is 1. The molecule has 2 aromatic rings. The number of nitrogens with one attached hydrogen (secondary N) is 2. The summed E-state index contributed by atoms with van der Waals surface area (Å²) in [5, 5.41) is 11.4. The number of halogens is 1. The van der Waals surface area contributed by atoms with Crippen molar-refractivity contribution in [3.05, 3.63) is 58.7 Å². The van der Waals surface area contributed by atoms with E-state index in [1.165, 1.54) is 31.3 Å². The molecule has 1 heterocycles. The smallest absolute Gasteiger partial charge is 0.270 e. The topological polar surface area (TPSA) is 148 Å². The van der Waals surface area contributed by atoms with Crippen LogP contribution in [0.3, 0.4) is 0 Å². The van der Waals surface area contributed by atoms with Gasteiger partial charge in [0, 0.05) is 30.8 Å². The predicted molar refractivity (Wildman–Crippen MR) is 134 cm³/mol. The van der Waals surface area contributed by atoms with Crippen LogP contribution < -0.4 is 26.9 Å². The first-order valence-electron chi connectivity index (χ1n) is 11.9. The van der Waals surface area contributed by atoms with Crippen LogP contribution in [0.4, 0.5) is 4.39 Å². The van der Waals surface area contributed by atoms with Gasteiger partial charge < -0.3 is 21.1 Å². The van der Waals surface area contributed by atoms with E-state index in [9.17, 15) is 14.0 Å². The zero-order chi connectivity index (χ0) is 26.2. The molecule has 1 aromatic heterocycles. The number of hydrogen-bond acceptors (Lipinski definition) is 7. The molecule has 0 spiro atoms. The Morgan fingerprint density at radius 3 is 2.61 bits per heavy atom. The Balaban J connectivity index is 1.60. The van der Waals surface area contributed by atoms with E-state index < -0.39 is 11.7 Å². The molecule has 0 radical (unpaired) electrons. The minimum absolute atomic E-state index is 0.00680. The lowest BCUT2D eigenvalue weighted by Gasteiger charge is -2.30. The number of carbonyl (C=O) groups excluding carboxylic acids is 2. The number of nitrogens with zero attached hydrogens (tertiary/aromatic N) is 3. The molecule has 0 saturated heterocycles. The largest absolute Gasteiger partial charge is 0.494 e. The highest BCUT2D eigenvalue weighted by atomic mass is 19.1. The number of aromatic nitrogens is 1. The highest BCUT2D eigenvalue weighted by molar-refractivity contribution is 6.00. The van der Waals surface area contributed by atoms with Crippen molar-refractivity contribution >= 4 is 17.6 Å². The second kappa shape index (κ2) is 12.3. The molecule has 0 atom stereocenters. The lowest BCUT2D eigenvalue weighted by atomic mass is 9.86. The number of carbonyl (C=O) groups is 2. The molecule has 36 heavy (non-hydrogen) atoms. The van der Waals surface area contributed by atoms with Crippen LogP contribution >= 0.6 is 0 Å². The Hall–Kier alpha value is -3.73. The Morgan fingerprint density at radius 1 is 1.22 bits per heavy atom. The number of aryl methyl sites for hydroxylation is 1. The summed E-state index contributed by atoms with van der Waals surface area (Å²) in [5.74, 6) is 5.85. The third-order valence-corrected chi connectivity index (χ3v) is 6.09. The molecular weight excluding hydrogens is 465 g/mol. The van der Waals surface area contributed by atoms with Crippen molar-refractivity contribution in [3.63, 3.8) is 0 Å². The third kappa shape index (κ3) is 7.64. The van der Waals surface area contributed by atoms with Crippen molar-refractivity contribution in [2.45, 2.75) is 52.1 Å². The highest BCUT2D eigenvalue weighted by Crippen LogP contribution is 2.25. The van der Waals surface area contributed by atoms with Crippen LogP contribution in [0, 0.1) is 18.7 Å². The number of ether oxygens (including phenoxy) is 1. The number of nitrogens with two attached hydrogens (primary N) is 2. The summed E-state index contributed by atoms with van der Waals surface area (Å²) in [5.41, 5.74) is 8.18. The summed E-state index contributed by atoms with van der Waals surface area (Å²) in [6.45, 7) is 3.99. The molecule has 1 fully saturated rings. The van der Waals surface area contributed by atoms with E-state index in [0.717, 1.165) is 25.7 Å². The van der Waals surface area contributed by atoms with Crippen LogP contribution in [-0.2, 0) is 11.3 Å². The van der Waals surface area contributed by atoms with E-state index in [1.54, 1.807) is 25.1 Å². The van der Waals surface area contributed by atoms with E-state index in [0.29, 0.717) is 29.3 Å². The molecule has 0 unspecified atom stereocenters. The molecule has 2 amide bonds. The Kier molecular flexibility index (Phi) is 9.18. The van der Waals surface area contributed by atoms with Gasteiger partial charge in [-0.15, -0.1) is 5.10 Å². The van der Waals surface area contributed by atoms with Crippen LogP contribution in [0.15, 0.2) is 35.4 Å². The van der Waals surface area contributed by atoms with E-state index in [2.05, 4.69) is 20.7 Å². The Bertz CT molecular complexity index is 1120. The van der Waals surface area contributed by atoms with Gasteiger partial charge in [-0.05, 0) is 68.4 Å². The van der Waals surface area contributed by atoms with Crippen LogP contribution in [0.25, 0.3) is 0 Å². The first kappa shape index (κ1) is 26.9. The quantitative estimate of drug-likeness (QED) is 0.178. The number of hydrazone groups is 1. The first-order chi connectivity index (χ1) is 17.1. The van der Waals surface area contributed by atoms with Crippen LogP contribution in [0.5, 0.6) is 5.75 Å². The van der Waals surface area contributed by atoms with E-state index in [-0.39, 0.29) is 35.8 Å². The van der Waals surface area contributed by atoms with E-state index in [1.807, 2.05) is 0 Å². The zero-order valence-electron chi connectivity index (χ0n) is 20.9. The van der Waals surface area contributed by atoms with Gasteiger partial charge in [-0.25, -0.2) is 20.3 Å². The molecule has 0 bridgehead atoms. The van der Waals surface area contributed by atoms with Crippen LogP contribution in [-0.4, -0.2) is 47.4 Å². The van der Waals surface area contributed by atoms with Crippen molar-refractivity contribution in [1.29, 1.82) is 0 Å². The number of benzene rings is 1. The molecule has 10 nitrogen and oxygen atoms in total. The van der Waals surface area contributed by atoms with Gasteiger partial charge in [-0.2, -0.15) is 0 Å². The van der Waals surface area contributed by atoms with E-state index in [4.69, 9.17) is 16.3 Å². The number of pyridine rings is 1. The van der Waals surface area contributed by atoms with Gasteiger partial charge in [0.05, 0.1) is 13.7 Å². The Morgan fingerprint density at radius 2 is 1.94 bits per heavy atom. The molecule has 11 heteroatoms. The summed E-state index contributed by atoms with van der Waals surface area (Å²) in [6.07, 6.45) is 3.69. The normalized spacial score (nSPS) is 17.9. The number of amides is 2. The van der Waals surface area contributed by atoms with Crippen molar-refractivity contribution in [3.8, 4) is 5.75 Å². The Labute approximate surface area is 210 Å². The standard InChI is InChI=1S/C25H34FN7O3/c1-15-10-19(24(27)32-33(28)14-17-4-7-20(8-5-17)31-16(2)34)12-22(30-15)25(35)29-13-18-6-9-21(26)23(11-18)36-3/h6,9-12,17,20H,4-5,7-8,13-14,28H2,1-3H3,(H2,27,32)(H,29,35)(H,31,34). The average Bonchev–Trinajstić information content (AvgIpc) is 2.83. The fourth-order valence-electron chi connectivity index (χ4n) is 4.30. The van der Waals surface area contributed by atoms with Gasteiger partial charge in [0.15, 0.2) is 17.4 Å². The second-order valence-electron chi connectivity index (χ2n) is 9.06. The molecule has 1 aliphatic rings.